The van der Waals surface area contributed by atoms with E-state index in [-0.39, 0.29) is 29.8 Å². The minimum Gasteiger partial charge on any atom is -0.459 e. The molecule has 0 amide bonds. The number of ketones is 1. The van der Waals surface area contributed by atoms with Gasteiger partial charge in [-0.15, -0.1) is 0 Å². The van der Waals surface area contributed by atoms with Crippen LogP contribution in [0, 0.1) is 29.6 Å². The second-order valence-corrected chi connectivity index (χ2v) is 17.3. The second-order valence-electron chi connectivity index (χ2n) is 17.3. The molecule has 0 radical (unpaired) electrons. The van der Waals surface area contributed by atoms with Crippen LogP contribution < -0.4 is 0 Å². The Bertz CT molecular complexity index is 1330. The van der Waals surface area contributed by atoms with Gasteiger partial charge in [-0.05, 0) is 64.1 Å². The van der Waals surface area contributed by atoms with Gasteiger partial charge >= 0.3 is 5.97 Å². The predicted octanol–water partition coefficient (Wildman–Crippen LogP) is 4.63. The summed E-state index contributed by atoms with van der Waals surface area (Å²) in [6.07, 6.45) is -6.63. The smallest absolute Gasteiger partial charge is 0.311 e. The van der Waals surface area contributed by atoms with Gasteiger partial charge < -0.3 is 39.4 Å². The number of methoxy groups -OCH3 is 1. The van der Waals surface area contributed by atoms with E-state index in [0.717, 1.165) is 5.56 Å². The molecule has 2 aliphatic rings. The monoisotopic (exact) mass is 735 g/mol. The van der Waals surface area contributed by atoms with E-state index >= 15 is 0 Å². The molecule has 52 heavy (non-hydrogen) atoms. The molecule has 3 rings (SSSR count). The van der Waals surface area contributed by atoms with Gasteiger partial charge in [0.1, 0.15) is 23.6 Å². The molecular weight excluding hydrogens is 666 g/mol. The van der Waals surface area contributed by atoms with Crippen molar-refractivity contribution >= 4 is 11.8 Å². The third-order valence-electron chi connectivity index (χ3n) is 12.6. The van der Waals surface area contributed by atoms with Gasteiger partial charge in [0.2, 0.25) is 0 Å². The number of esters is 1. The number of hydrogen-bond acceptors (Lipinski definition) is 11. The van der Waals surface area contributed by atoms with Crippen molar-refractivity contribution in [1.82, 2.24) is 4.90 Å². The summed E-state index contributed by atoms with van der Waals surface area (Å²) >= 11 is 0. The zero-order valence-electron chi connectivity index (χ0n) is 34.1. The lowest BCUT2D eigenvalue weighted by atomic mass is 9.68. The van der Waals surface area contributed by atoms with Crippen molar-refractivity contribution in [2.45, 2.75) is 168 Å². The zero-order valence-corrected chi connectivity index (χ0v) is 34.1. The van der Waals surface area contributed by atoms with Gasteiger partial charge in [-0.25, -0.2) is 0 Å². The van der Waals surface area contributed by atoms with Crippen LogP contribution >= 0.6 is 0 Å². The number of rotatable bonds is 7. The van der Waals surface area contributed by atoms with E-state index in [1.807, 2.05) is 20.9 Å². The molecule has 4 N–H and O–H groups in total. The van der Waals surface area contributed by atoms with E-state index in [4.69, 9.17) is 18.9 Å². The number of hydrogen-bond donors (Lipinski definition) is 4. The largest absolute Gasteiger partial charge is 0.459 e. The average Bonchev–Trinajstić information content (AvgIpc) is 3.10. The number of nitrogens with zero attached hydrogens (tertiary/aromatic N) is 1. The maximum atomic E-state index is 14.1. The van der Waals surface area contributed by atoms with Crippen LogP contribution in [0.2, 0.25) is 0 Å². The Hall–Kier alpha value is -1.96. The molecule has 0 aromatic heterocycles. The normalized spacial score (nSPS) is 41.8. The molecule has 11 nitrogen and oxygen atoms in total. The summed E-state index contributed by atoms with van der Waals surface area (Å²) in [5, 5.41) is 46.5. The van der Waals surface area contributed by atoms with Crippen LogP contribution in [0.3, 0.4) is 0 Å². The van der Waals surface area contributed by atoms with E-state index in [2.05, 4.69) is 49.9 Å². The lowest BCUT2D eigenvalue weighted by Gasteiger charge is -2.49. The van der Waals surface area contributed by atoms with E-state index in [1.54, 1.807) is 41.5 Å². The Morgan fingerprint density at radius 3 is 2.04 bits per heavy atom. The molecular formula is C41H69NO10. The van der Waals surface area contributed by atoms with Crippen molar-refractivity contribution in [3.63, 3.8) is 0 Å². The fourth-order valence-corrected chi connectivity index (χ4v) is 8.21. The molecule has 2 saturated heterocycles. The quantitative estimate of drug-likeness (QED) is 0.290. The number of ether oxygens (including phenoxy) is 4. The Balaban J connectivity index is 2.02. The number of carbonyl (C=O) groups excluding carboxylic acids is 2. The molecule has 2 fully saturated rings. The van der Waals surface area contributed by atoms with Crippen molar-refractivity contribution in [2.75, 3.05) is 14.2 Å². The van der Waals surface area contributed by atoms with Gasteiger partial charge in [0.25, 0.3) is 0 Å². The van der Waals surface area contributed by atoms with Crippen molar-refractivity contribution in [3.05, 3.63) is 35.4 Å². The van der Waals surface area contributed by atoms with Crippen LogP contribution in [0.5, 0.6) is 0 Å². The molecule has 15 atom stereocenters. The molecule has 0 bridgehead atoms. The lowest BCUT2D eigenvalue weighted by molar-refractivity contribution is -0.292. The van der Waals surface area contributed by atoms with E-state index in [0.29, 0.717) is 13.0 Å². The van der Waals surface area contributed by atoms with Crippen molar-refractivity contribution < 1.29 is 49.0 Å². The number of likely N-dealkylation sites (N-methyl/N-ethyl adjacent to an activating group) is 1. The standard InChI is InChI=1S/C41H69NO10/c1-15-31-40(11,48)36(46)24(4)33(44)26(6)41(12,49-14)27(7)35(23(3)32(43)25(5)37(47)51-31)52-38-34(45)30(20-22(2)50-38)42(13)21-28-16-18-29(19-17-28)39(8,9)10/h16-19,22-27,30-32,34-36,38,43,45-46,48H,15,20-21H2,1-14H3/t22-,23+,24+,25-,26+,27-,30+,31?,32-,34-,35-,36-,38?,40-,41+/m1/s1. The molecule has 0 saturated carbocycles. The highest BCUT2D eigenvalue weighted by atomic mass is 16.7. The van der Waals surface area contributed by atoms with Gasteiger partial charge in [0.05, 0.1) is 35.9 Å². The highest BCUT2D eigenvalue weighted by Gasteiger charge is 2.53. The highest BCUT2D eigenvalue weighted by molar-refractivity contribution is 5.84. The highest BCUT2D eigenvalue weighted by Crippen LogP contribution is 2.42. The molecule has 1 aromatic rings. The van der Waals surface area contributed by atoms with Crippen LogP contribution in [0.1, 0.15) is 107 Å². The van der Waals surface area contributed by atoms with Crippen molar-refractivity contribution in [1.29, 1.82) is 0 Å². The third-order valence-corrected chi connectivity index (χ3v) is 12.6. The van der Waals surface area contributed by atoms with Gasteiger partial charge in [0, 0.05) is 43.4 Å². The van der Waals surface area contributed by atoms with Gasteiger partial charge in [0.15, 0.2) is 6.29 Å². The third kappa shape index (κ3) is 9.28. The van der Waals surface area contributed by atoms with E-state index < -0.39 is 83.6 Å². The lowest BCUT2D eigenvalue weighted by Crippen LogP contribution is -2.61. The first-order valence-corrected chi connectivity index (χ1v) is 19.1. The van der Waals surface area contributed by atoms with Gasteiger partial charge in [-0.2, -0.15) is 0 Å². The summed E-state index contributed by atoms with van der Waals surface area (Å²) in [6, 6.07) is 8.19. The number of Topliss-reactive ketones (excluding diaryl/α,β-unsaturated/α-hetero) is 1. The second kappa shape index (κ2) is 17.2. The summed E-state index contributed by atoms with van der Waals surface area (Å²) in [6.45, 7) is 22.3. The Kier molecular flexibility index (Phi) is 14.7. The summed E-state index contributed by atoms with van der Waals surface area (Å²) < 4.78 is 24.9. The summed E-state index contributed by atoms with van der Waals surface area (Å²) in [5.41, 5.74) is -0.781. The SMILES string of the molecule is CCC1OC(=O)[C@H](C)[C@H](O)[C@H](C)[C@@H](OC2O[C@H](C)C[C@H](N(C)Cc3ccc(C(C)(C)C)cc3)[C@H]2O)[C@@H](C)[C@@](C)(OC)[C@@H](C)C(=O)[C@H](C)[C@@H](O)[C@]1(C)O. The number of cyclic esters (lactones) is 1. The maximum absolute atomic E-state index is 14.1. The summed E-state index contributed by atoms with van der Waals surface area (Å²) in [7, 11) is 3.47. The minimum atomic E-state index is -1.95. The van der Waals surface area contributed by atoms with Crippen LogP contribution in [-0.2, 0) is 40.5 Å². The predicted molar refractivity (Wildman–Crippen MR) is 199 cm³/mol. The first kappa shape index (κ1) is 44.4. The number of aliphatic hydroxyl groups is 4. The maximum Gasteiger partial charge on any atom is 0.311 e. The molecule has 0 spiro atoms. The number of aliphatic hydroxyl groups excluding tert-OH is 3. The Labute approximate surface area is 312 Å². The fraction of sp³-hybridized carbons (Fsp3) is 0.805. The molecule has 11 heteroatoms. The first-order valence-electron chi connectivity index (χ1n) is 19.1. The molecule has 298 valence electrons. The molecule has 1 aromatic carbocycles. The molecule has 2 unspecified atom stereocenters. The van der Waals surface area contributed by atoms with Crippen LogP contribution in [0.4, 0.5) is 0 Å². The molecule has 0 aliphatic carbocycles. The van der Waals surface area contributed by atoms with E-state index in [1.165, 1.54) is 19.6 Å². The zero-order chi connectivity index (χ0) is 39.7. The molecule has 2 aliphatic heterocycles. The van der Waals surface area contributed by atoms with Crippen LogP contribution in [-0.4, -0.2) is 111 Å². The van der Waals surface area contributed by atoms with Crippen LogP contribution in [0.15, 0.2) is 24.3 Å². The van der Waals surface area contributed by atoms with Gasteiger partial charge in [-0.1, -0.05) is 79.7 Å². The Morgan fingerprint density at radius 1 is 0.942 bits per heavy atom. The van der Waals surface area contributed by atoms with Gasteiger partial charge in [-0.3, -0.25) is 14.5 Å². The fourth-order valence-electron chi connectivity index (χ4n) is 8.21. The van der Waals surface area contributed by atoms with Crippen molar-refractivity contribution in [2.24, 2.45) is 29.6 Å². The van der Waals surface area contributed by atoms with Crippen LogP contribution in [0.25, 0.3) is 0 Å². The van der Waals surface area contributed by atoms with E-state index in [9.17, 15) is 30.0 Å². The average molecular weight is 736 g/mol. The Morgan fingerprint density at radius 2 is 1.52 bits per heavy atom. The summed E-state index contributed by atoms with van der Waals surface area (Å²) in [4.78, 5) is 29.7. The van der Waals surface area contributed by atoms with Crippen molar-refractivity contribution in [3.8, 4) is 0 Å². The first-order chi connectivity index (χ1) is 23.9. The minimum absolute atomic E-state index is 0.0373. The number of carbonyl (C=O) groups is 2. The summed E-state index contributed by atoms with van der Waals surface area (Å²) in [5.74, 6) is -5.40. The molecule has 2 heterocycles. The topological polar surface area (TPSA) is 155 Å². The number of benzene rings is 1.